The molecule has 0 bridgehead atoms. The second-order valence-corrected chi connectivity index (χ2v) is 4.50. The first kappa shape index (κ1) is 13.0. The zero-order valence-electron chi connectivity index (χ0n) is 9.92. The lowest BCUT2D eigenvalue weighted by molar-refractivity contribution is -0.108. The Morgan fingerprint density at radius 3 is 2.69 bits per heavy atom. The van der Waals surface area contributed by atoms with E-state index >= 15 is 0 Å². The second kappa shape index (κ2) is 5.90. The summed E-state index contributed by atoms with van der Waals surface area (Å²) in [5.74, 6) is 1.18. The minimum absolute atomic E-state index is 0.351. The Kier molecular flexibility index (Phi) is 4.81. The summed E-state index contributed by atoms with van der Waals surface area (Å²) in [6.07, 6.45) is 1.27. The number of aryl methyl sites for hydroxylation is 1. The van der Waals surface area contributed by atoms with Gasteiger partial charge in [-0.3, -0.25) is 0 Å². The van der Waals surface area contributed by atoms with E-state index in [1.54, 1.807) is 0 Å². The third-order valence-corrected chi connectivity index (χ3v) is 2.81. The molecule has 0 unspecified atom stereocenters. The summed E-state index contributed by atoms with van der Waals surface area (Å²) < 4.78 is 5.58. The molecule has 0 aromatic heterocycles. The number of carbonyl (C=O) groups excluding carboxylic acids is 1. The van der Waals surface area contributed by atoms with Gasteiger partial charge in [0.1, 0.15) is 12.0 Å². The van der Waals surface area contributed by atoms with Crippen LogP contribution in [0.1, 0.15) is 37.3 Å². The van der Waals surface area contributed by atoms with Crippen LogP contribution < -0.4 is 4.74 Å². The van der Waals surface area contributed by atoms with Gasteiger partial charge in [-0.15, -0.1) is 0 Å². The number of ether oxygens (including phenoxy) is 1. The van der Waals surface area contributed by atoms with Crippen molar-refractivity contribution in [3.63, 3.8) is 0 Å². The fourth-order valence-electron chi connectivity index (χ4n) is 1.46. The number of hydrogen-bond acceptors (Lipinski definition) is 2. The average Bonchev–Trinajstić information content (AvgIpc) is 2.23. The lowest BCUT2D eigenvalue weighted by Gasteiger charge is -2.15. The van der Waals surface area contributed by atoms with Crippen molar-refractivity contribution < 1.29 is 9.53 Å². The summed E-state index contributed by atoms with van der Waals surface area (Å²) in [7, 11) is 0. The molecule has 1 rings (SSSR count). The molecular weight excluding hydrogens is 224 g/mol. The van der Waals surface area contributed by atoms with E-state index in [-0.39, 0.29) is 0 Å². The molecule has 0 N–H and O–H groups in total. The number of aldehydes is 1. The van der Waals surface area contributed by atoms with Gasteiger partial charge in [-0.1, -0.05) is 25.4 Å². The van der Waals surface area contributed by atoms with Crippen molar-refractivity contribution in [3.05, 3.63) is 28.3 Å². The van der Waals surface area contributed by atoms with Crippen LogP contribution in [0.5, 0.6) is 5.75 Å². The molecule has 0 saturated carbocycles. The highest BCUT2D eigenvalue weighted by atomic mass is 35.5. The van der Waals surface area contributed by atoms with Crippen LogP contribution in [-0.4, -0.2) is 12.9 Å². The number of rotatable bonds is 5. The van der Waals surface area contributed by atoms with Crippen LogP contribution in [0.15, 0.2) is 12.1 Å². The molecule has 0 aliphatic carbocycles. The van der Waals surface area contributed by atoms with Crippen molar-refractivity contribution in [2.24, 2.45) is 0 Å². The van der Waals surface area contributed by atoms with Gasteiger partial charge in [-0.2, -0.15) is 0 Å². The molecule has 0 spiro atoms. The SMILES string of the molecule is Cc1cc(OCCC=O)c(C(C)C)cc1Cl. The van der Waals surface area contributed by atoms with E-state index in [4.69, 9.17) is 16.3 Å². The largest absolute Gasteiger partial charge is 0.493 e. The first-order valence-electron chi connectivity index (χ1n) is 5.42. The molecule has 0 amide bonds. The van der Waals surface area contributed by atoms with Crippen LogP contribution in [-0.2, 0) is 4.79 Å². The summed E-state index contributed by atoms with van der Waals surface area (Å²) in [6, 6.07) is 3.88. The lowest BCUT2D eigenvalue weighted by atomic mass is 10.0. The minimum Gasteiger partial charge on any atom is -0.493 e. The Hall–Kier alpha value is -1.02. The molecule has 2 nitrogen and oxygen atoms in total. The Balaban J connectivity index is 2.95. The van der Waals surface area contributed by atoms with Crippen molar-refractivity contribution in [2.45, 2.75) is 33.1 Å². The van der Waals surface area contributed by atoms with Crippen LogP contribution in [0, 0.1) is 6.92 Å². The molecule has 0 saturated heterocycles. The molecule has 0 fully saturated rings. The van der Waals surface area contributed by atoms with Crippen molar-refractivity contribution >= 4 is 17.9 Å². The maximum Gasteiger partial charge on any atom is 0.123 e. The van der Waals surface area contributed by atoms with Gasteiger partial charge in [0.15, 0.2) is 0 Å². The minimum atomic E-state index is 0.351. The monoisotopic (exact) mass is 240 g/mol. The van der Waals surface area contributed by atoms with Crippen LogP contribution in [0.25, 0.3) is 0 Å². The molecule has 0 heterocycles. The van der Waals surface area contributed by atoms with E-state index in [0.717, 1.165) is 28.2 Å². The van der Waals surface area contributed by atoms with Crippen LogP contribution in [0.4, 0.5) is 0 Å². The highest BCUT2D eigenvalue weighted by Crippen LogP contribution is 2.31. The highest BCUT2D eigenvalue weighted by molar-refractivity contribution is 6.31. The first-order valence-corrected chi connectivity index (χ1v) is 5.80. The van der Waals surface area contributed by atoms with E-state index in [0.29, 0.717) is 18.9 Å². The molecule has 0 aliphatic rings. The molecule has 3 heteroatoms. The molecular formula is C13H17ClO2. The van der Waals surface area contributed by atoms with Crippen LogP contribution >= 0.6 is 11.6 Å². The third kappa shape index (κ3) is 3.24. The Labute approximate surface area is 102 Å². The summed E-state index contributed by atoms with van der Waals surface area (Å²) in [5, 5.41) is 0.756. The quantitative estimate of drug-likeness (QED) is 0.579. The zero-order valence-corrected chi connectivity index (χ0v) is 10.7. The smallest absolute Gasteiger partial charge is 0.123 e. The normalized spacial score (nSPS) is 10.6. The molecule has 0 atom stereocenters. The predicted octanol–water partition coefficient (Wildman–Crippen LogP) is 3.74. The molecule has 16 heavy (non-hydrogen) atoms. The maximum absolute atomic E-state index is 10.2. The molecule has 1 aromatic carbocycles. The first-order chi connectivity index (χ1) is 7.56. The van der Waals surface area contributed by atoms with E-state index < -0.39 is 0 Å². The molecule has 0 radical (unpaired) electrons. The van der Waals surface area contributed by atoms with Gasteiger partial charge in [0.2, 0.25) is 0 Å². The van der Waals surface area contributed by atoms with Crippen molar-refractivity contribution in [1.29, 1.82) is 0 Å². The number of benzene rings is 1. The number of halogens is 1. The van der Waals surface area contributed by atoms with E-state index in [2.05, 4.69) is 13.8 Å². The van der Waals surface area contributed by atoms with E-state index in [1.807, 2.05) is 19.1 Å². The van der Waals surface area contributed by atoms with Crippen LogP contribution in [0.2, 0.25) is 5.02 Å². The zero-order chi connectivity index (χ0) is 12.1. The van der Waals surface area contributed by atoms with Gasteiger partial charge in [0, 0.05) is 11.4 Å². The van der Waals surface area contributed by atoms with Crippen molar-refractivity contribution in [1.82, 2.24) is 0 Å². The standard InChI is InChI=1S/C13H17ClO2/c1-9(2)11-8-12(14)10(3)7-13(11)16-6-4-5-15/h5,7-9H,4,6H2,1-3H3. The summed E-state index contributed by atoms with van der Waals surface area (Å²) in [5.41, 5.74) is 2.08. The van der Waals surface area contributed by atoms with E-state index in [1.165, 1.54) is 0 Å². The Morgan fingerprint density at radius 1 is 1.44 bits per heavy atom. The fourth-order valence-corrected chi connectivity index (χ4v) is 1.64. The Morgan fingerprint density at radius 2 is 2.12 bits per heavy atom. The highest BCUT2D eigenvalue weighted by Gasteiger charge is 2.10. The van der Waals surface area contributed by atoms with Gasteiger partial charge < -0.3 is 9.53 Å². The molecule has 0 aliphatic heterocycles. The topological polar surface area (TPSA) is 26.3 Å². The third-order valence-electron chi connectivity index (χ3n) is 2.41. The molecule has 1 aromatic rings. The van der Waals surface area contributed by atoms with Gasteiger partial charge in [0.25, 0.3) is 0 Å². The van der Waals surface area contributed by atoms with E-state index in [9.17, 15) is 4.79 Å². The fraction of sp³-hybridized carbons (Fsp3) is 0.462. The lowest BCUT2D eigenvalue weighted by Crippen LogP contribution is -2.02. The van der Waals surface area contributed by atoms with Gasteiger partial charge in [-0.05, 0) is 36.1 Å². The summed E-state index contributed by atoms with van der Waals surface area (Å²) in [4.78, 5) is 10.2. The Bertz CT molecular complexity index is 372. The molecule has 88 valence electrons. The van der Waals surface area contributed by atoms with Crippen molar-refractivity contribution in [3.8, 4) is 5.75 Å². The van der Waals surface area contributed by atoms with Gasteiger partial charge in [-0.25, -0.2) is 0 Å². The van der Waals surface area contributed by atoms with Gasteiger partial charge in [0.05, 0.1) is 6.61 Å². The maximum atomic E-state index is 10.2. The average molecular weight is 241 g/mol. The predicted molar refractivity (Wildman–Crippen MR) is 66.5 cm³/mol. The van der Waals surface area contributed by atoms with Crippen molar-refractivity contribution in [2.75, 3.05) is 6.61 Å². The number of carbonyl (C=O) groups is 1. The van der Waals surface area contributed by atoms with Gasteiger partial charge >= 0.3 is 0 Å². The summed E-state index contributed by atoms with van der Waals surface area (Å²) in [6.45, 7) is 6.55. The second-order valence-electron chi connectivity index (χ2n) is 4.10. The van der Waals surface area contributed by atoms with Crippen LogP contribution in [0.3, 0.4) is 0 Å². The summed E-state index contributed by atoms with van der Waals surface area (Å²) >= 11 is 6.08. The number of hydrogen-bond donors (Lipinski definition) is 0.